The van der Waals surface area contributed by atoms with E-state index in [1.165, 1.54) is 6.21 Å². The average molecular weight is 450 g/mol. The van der Waals surface area contributed by atoms with Crippen LogP contribution in [0, 0.1) is 0 Å². The lowest BCUT2D eigenvalue weighted by molar-refractivity contribution is 0.240. The molecular formula is C25H27N3O5. The summed E-state index contributed by atoms with van der Waals surface area (Å²) in [6.45, 7) is 0.997. The topological polar surface area (TPSA) is 90.4 Å². The van der Waals surface area contributed by atoms with Crippen molar-refractivity contribution in [2.24, 2.45) is 5.10 Å². The molecule has 0 bridgehead atoms. The highest BCUT2D eigenvalue weighted by molar-refractivity contribution is 5.90. The molecule has 33 heavy (non-hydrogen) atoms. The van der Waals surface area contributed by atoms with Crippen LogP contribution in [0.25, 0.3) is 0 Å². The first-order chi connectivity index (χ1) is 16.2. The normalized spacial score (nSPS) is 10.5. The maximum absolute atomic E-state index is 11.9. The van der Waals surface area contributed by atoms with Crippen molar-refractivity contribution in [3.8, 4) is 23.0 Å². The quantitative estimate of drug-likeness (QED) is 0.251. The second-order valence-corrected chi connectivity index (χ2v) is 6.83. The van der Waals surface area contributed by atoms with Gasteiger partial charge in [-0.25, -0.2) is 10.2 Å². The van der Waals surface area contributed by atoms with E-state index < -0.39 is 6.03 Å². The first kappa shape index (κ1) is 23.5. The van der Waals surface area contributed by atoms with Gasteiger partial charge in [0.25, 0.3) is 0 Å². The van der Waals surface area contributed by atoms with Gasteiger partial charge in [-0.15, -0.1) is 0 Å². The van der Waals surface area contributed by atoms with Gasteiger partial charge in [0.2, 0.25) is 0 Å². The number of carbonyl (C=O) groups is 1. The van der Waals surface area contributed by atoms with Crippen LogP contribution in [0.15, 0.2) is 77.9 Å². The molecule has 172 valence electrons. The summed E-state index contributed by atoms with van der Waals surface area (Å²) in [5.74, 6) is 2.76. The zero-order valence-electron chi connectivity index (χ0n) is 18.6. The fourth-order valence-corrected chi connectivity index (χ4v) is 2.83. The number of amides is 2. The summed E-state index contributed by atoms with van der Waals surface area (Å²) in [6, 6.07) is 21.5. The molecule has 3 aromatic carbocycles. The van der Waals surface area contributed by atoms with Gasteiger partial charge in [0.15, 0.2) is 11.5 Å². The minimum absolute atomic E-state index is 0.429. The molecule has 0 atom stereocenters. The molecule has 8 heteroatoms. The van der Waals surface area contributed by atoms with E-state index in [2.05, 4.69) is 15.8 Å². The van der Waals surface area contributed by atoms with Crippen LogP contribution in [0.5, 0.6) is 23.0 Å². The van der Waals surface area contributed by atoms with Crippen LogP contribution in [0.2, 0.25) is 0 Å². The van der Waals surface area contributed by atoms with E-state index in [0.717, 1.165) is 17.1 Å². The lowest BCUT2D eigenvalue weighted by Gasteiger charge is -2.12. The number of urea groups is 1. The smallest absolute Gasteiger partial charge is 0.339 e. The number of para-hydroxylation sites is 1. The standard InChI is InChI=1S/C25H27N3O5/c1-30-21-10-12-22(13-11-21)32-15-6-16-33-23-14-9-19(17-24(23)31-2)18-26-28-25(29)27-20-7-4-3-5-8-20/h3-5,7-14,17-18H,6,15-16H2,1-2H3,(H2,27,28,29)/b26-18-. The van der Waals surface area contributed by atoms with Gasteiger partial charge in [-0.3, -0.25) is 0 Å². The van der Waals surface area contributed by atoms with E-state index in [1.54, 1.807) is 38.5 Å². The molecule has 3 aromatic rings. The highest BCUT2D eigenvalue weighted by Gasteiger charge is 2.06. The number of anilines is 1. The Labute approximate surface area is 193 Å². The molecule has 2 N–H and O–H groups in total. The number of methoxy groups -OCH3 is 2. The molecule has 0 radical (unpaired) electrons. The van der Waals surface area contributed by atoms with Gasteiger partial charge in [-0.05, 0) is 60.2 Å². The van der Waals surface area contributed by atoms with Gasteiger partial charge in [-0.2, -0.15) is 5.10 Å². The second kappa shape index (κ2) is 12.6. The molecular weight excluding hydrogens is 422 g/mol. The van der Waals surface area contributed by atoms with Gasteiger partial charge in [-0.1, -0.05) is 18.2 Å². The highest BCUT2D eigenvalue weighted by Crippen LogP contribution is 2.27. The fourth-order valence-electron chi connectivity index (χ4n) is 2.83. The molecule has 0 saturated carbocycles. The van der Waals surface area contributed by atoms with Crippen molar-refractivity contribution >= 4 is 17.9 Å². The molecule has 8 nitrogen and oxygen atoms in total. The second-order valence-electron chi connectivity index (χ2n) is 6.83. The molecule has 0 aliphatic rings. The molecule has 0 saturated heterocycles. The zero-order chi connectivity index (χ0) is 23.3. The highest BCUT2D eigenvalue weighted by atomic mass is 16.5. The van der Waals surface area contributed by atoms with Gasteiger partial charge in [0.05, 0.1) is 33.6 Å². The van der Waals surface area contributed by atoms with Crippen LogP contribution in [-0.4, -0.2) is 39.7 Å². The van der Waals surface area contributed by atoms with E-state index in [9.17, 15) is 4.79 Å². The predicted molar refractivity (Wildman–Crippen MR) is 128 cm³/mol. The summed E-state index contributed by atoms with van der Waals surface area (Å²) in [5, 5.41) is 6.65. The van der Waals surface area contributed by atoms with Crippen LogP contribution >= 0.6 is 0 Å². The summed E-state index contributed by atoms with van der Waals surface area (Å²) < 4.78 is 22.1. The average Bonchev–Trinajstić information content (AvgIpc) is 2.85. The predicted octanol–water partition coefficient (Wildman–Crippen LogP) is 4.71. The molecule has 2 amide bonds. The van der Waals surface area contributed by atoms with Gasteiger partial charge in [0, 0.05) is 12.1 Å². The number of hydrazone groups is 1. The largest absolute Gasteiger partial charge is 0.497 e. The summed E-state index contributed by atoms with van der Waals surface area (Å²) in [7, 11) is 3.20. The van der Waals surface area contributed by atoms with E-state index in [-0.39, 0.29) is 0 Å². The third-order valence-electron chi connectivity index (χ3n) is 4.47. The van der Waals surface area contributed by atoms with E-state index in [0.29, 0.717) is 36.8 Å². The number of nitrogens with zero attached hydrogens (tertiary/aromatic N) is 1. The Bertz CT molecular complexity index is 1040. The Morgan fingerprint density at radius 2 is 1.58 bits per heavy atom. The number of hydrogen-bond donors (Lipinski definition) is 2. The minimum atomic E-state index is -0.429. The van der Waals surface area contributed by atoms with Crippen LogP contribution in [0.3, 0.4) is 0 Å². The zero-order valence-corrected chi connectivity index (χ0v) is 18.6. The van der Waals surface area contributed by atoms with Gasteiger partial charge < -0.3 is 24.3 Å². The van der Waals surface area contributed by atoms with Crippen LogP contribution in [0.1, 0.15) is 12.0 Å². The molecule has 0 heterocycles. The fraction of sp³-hybridized carbons (Fsp3) is 0.200. The van der Waals surface area contributed by atoms with Crippen LogP contribution in [-0.2, 0) is 0 Å². The maximum Gasteiger partial charge on any atom is 0.339 e. The number of rotatable bonds is 11. The summed E-state index contributed by atoms with van der Waals surface area (Å²) in [4.78, 5) is 11.9. The summed E-state index contributed by atoms with van der Waals surface area (Å²) >= 11 is 0. The SMILES string of the molecule is COc1ccc(OCCCOc2ccc(/C=N\NC(=O)Nc3ccccc3)cc2OC)cc1. The van der Waals surface area contributed by atoms with Crippen molar-refractivity contribution in [1.29, 1.82) is 0 Å². The number of hydrogen-bond acceptors (Lipinski definition) is 6. The molecule has 3 rings (SSSR count). The first-order valence-electron chi connectivity index (χ1n) is 10.4. The van der Waals surface area contributed by atoms with Crippen molar-refractivity contribution in [3.63, 3.8) is 0 Å². The van der Waals surface area contributed by atoms with E-state index in [1.807, 2.05) is 48.5 Å². The number of nitrogens with one attached hydrogen (secondary N) is 2. The lowest BCUT2D eigenvalue weighted by Crippen LogP contribution is -2.24. The van der Waals surface area contributed by atoms with Crippen LogP contribution < -0.4 is 29.7 Å². The number of ether oxygens (including phenoxy) is 4. The van der Waals surface area contributed by atoms with E-state index in [4.69, 9.17) is 18.9 Å². The van der Waals surface area contributed by atoms with Gasteiger partial charge in [0.1, 0.15) is 11.5 Å². The summed E-state index contributed by atoms with van der Waals surface area (Å²) in [5.41, 5.74) is 3.86. The Balaban J connectivity index is 1.42. The number of carbonyl (C=O) groups excluding carboxylic acids is 1. The monoisotopic (exact) mass is 449 g/mol. The van der Waals surface area contributed by atoms with Crippen molar-refractivity contribution in [2.45, 2.75) is 6.42 Å². The molecule has 0 aliphatic heterocycles. The molecule has 0 aliphatic carbocycles. The van der Waals surface area contributed by atoms with Crippen molar-refractivity contribution < 1.29 is 23.7 Å². The molecule has 0 fully saturated rings. The van der Waals surface area contributed by atoms with Crippen LogP contribution in [0.4, 0.5) is 10.5 Å². The maximum atomic E-state index is 11.9. The third-order valence-corrected chi connectivity index (χ3v) is 4.47. The minimum Gasteiger partial charge on any atom is -0.497 e. The first-order valence-corrected chi connectivity index (χ1v) is 10.4. The molecule has 0 unspecified atom stereocenters. The molecule has 0 aromatic heterocycles. The van der Waals surface area contributed by atoms with Crippen molar-refractivity contribution in [2.75, 3.05) is 32.8 Å². The summed E-state index contributed by atoms with van der Waals surface area (Å²) in [6.07, 6.45) is 2.23. The Kier molecular flexibility index (Phi) is 8.96. The van der Waals surface area contributed by atoms with Crippen molar-refractivity contribution in [1.82, 2.24) is 5.43 Å². The number of benzene rings is 3. The van der Waals surface area contributed by atoms with E-state index >= 15 is 0 Å². The van der Waals surface area contributed by atoms with Gasteiger partial charge >= 0.3 is 6.03 Å². The Hall–Kier alpha value is -4.20. The van der Waals surface area contributed by atoms with Crippen molar-refractivity contribution in [3.05, 3.63) is 78.4 Å². The third kappa shape index (κ3) is 7.77. The Morgan fingerprint density at radius 3 is 2.30 bits per heavy atom. The Morgan fingerprint density at radius 1 is 0.848 bits per heavy atom. The molecule has 0 spiro atoms. The lowest BCUT2D eigenvalue weighted by atomic mass is 10.2.